The first-order chi connectivity index (χ1) is 15.9. The van der Waals surface area contributed by atoms with Crippen LogP contribution in [-0.4, -0.2) is 47.4 Å². The Kier molecular flexibility index (Phi) is 5.35. The molecule has 1 saturated carbocycles. The Hall–Kier alpha value is -3.34. The summed E-state index contributed by atoms with van der Waals surface area (Å²) < 4.78 is 28.1. The van der Waals surface area contributed by atoms with Gasteiger partial charge in [-0.3, -0.25) is 0 Å². The third-order valence-electron chi connectivity index (χ3n) is 5.58. The molecule has 0 aromatic carbocycles. The summed E-state index contributed by atoms with van der Waals surface area (Å²) in [5, 5.41) is 6.92. The molecule has 5 rings (SSSR count). The summed E-state index contributed by atoms with van der Waals surface area (Å²) in [6.45, 7) is 6.44. The van der Waals surface area contributed by atoms with E-state index in [-0.39, 0.29) is 11.3 Å². The fraction of sp³-hybridized carbons (Fsp3) is 0.409. The van der Waals surface area contributed by atoms with Gasteiger partial charge < -0.3 is 9.88 Å². The molecule has 4 aromatic rings. The van der Waals surface area contributed by atoms with E-state index in [1.54, 1.807) is 18.5 Å². The van der Waals surface area contributed by atoms with E-state index in [9.17, 15) is 8.42 Å². The summed E-state index contributed by atoms with van der Waals surface area (Å²) >= 11 is 0. The summed E-state index contributed by atoms with van der Waals surface area (Å²) in [5.74, 6) is 2.64. The predicted octanol–water partition coefficient (Wildman–Crippen LogP) is 3.70. The normalized spacial score (nSPS) is 14.3. The first kappa shape index (κ1) is 21.5. The van der Waals surface area contributed by atoms with Crippen LogP contribution in [0.5, 0.6) is 0 Å². The van der Waals surface area contributed by atoms with Gasteiger partial charge in [-0.15, -0.1) is 0 Å². The van der Waals surface area contributed by atoms with Crippen LogP contribution in [-0.2, 0) is 16.4 Å². The Morgan fingerprint density at radius 1 is 1.15 bits per heavy atom. The van der Waals surface area contributed by atoms with E-state index in [2.05, 4.69) is 50.7 Å². The largest absolute Gasteiger partial charge is 0.325 e. The number of nitrogens with one attached hydrogen (secondary N) is 1. The highest BCUT2D eigenvalue weighted by Gasteiger charge is 2.37. The number of imidazole rings is 1. The van der Waals surface area contributed by atoms with Gasteiger partial charge in [0.25, 0.3) is 10.0 Å². The molecule has 1 N–H and O–H groups in total. The highest BCUT2D eigenvalue weighted by Crippen LogP contribution is 2.30. The minimum atomic E-state index is -3.43. The van der Waals surface area contributed by atoms with Crippen LogP contribution in [0.4, 0.5) is 11.6 Å². The van der Waals surface area contributed by atoms with Crippen molar-refractivity contribution in [2.75, 3.05) is 5.32 Å². The van der Waals surface area contributed by atoms with Crippen LogP contribution in [0.3, 0.4) is 0 Å². The molecule has 0 saturated heterocycles. The Morgan fingerprint density at radius 2 is 1.97 bits per heavy atom. The van der Waals surface area contributed by atoms with Gasteiger partial charge in [0.05, 0.1) is 34.9 Å². The van der Waals surface area contributed by atoms with Gasteiger partial charge in [-0.2, -0.15) is 9.19 Å². The number of rotatable bonds is 8. The third-order valence-corrected chi connectivity index (χ3v) is 7.61. The Bertz CT molecular complexity index is 1420. The minimum absolute atomic E-state index is 0.279. The number of pyridine rings is 1. The lowest BCUT2D eigenvalue weighted by atomic mass is 10.3. The fourth-order valence-corrected chi connectivity index (χ4v) is 5.35. The molecular formula is C22H26N8O2S. The molecule has 0 atom stereocenters. The quantitative estimate of drug-likeness (QED) is 0.417. The number of aryl methyl sites for hydroxylation is 1. The number of hydrogen-bond donors (Lipinski definition) is 1. The lowest BCUT2D eigenvalue weighted by Gasteiger charge is -2.13. The molecule has 1 aliphatic carbocycles. The molecule has 4 heterocycles. The molecule has 0 amide bonds. The molecule has 10 nitrogen and oxygen atoms in total. The van der Waals surface area contributed by atoms with E-state index in [1.165, 1.54) is 12.4 Å². The van der Waals surface area contributed by atoms with Crippen LogP contribution < -0.4 is 5.32 Å². The lowest BCUT2D eigenvalue weighted by Crippen LogP contribution is -2.17. The third kappa shape index (κ3) is 4.08. The van der Waals surface area contributed by atoms with Crippen molar-refractivity contribution in [3.05, 3.63) is 42.7 Å². The second-order valence-corrected chi connectivity index (χ2v) is 10.6. The van der Waals surface area contributed by atoms with Gasteiger partial charge in [0.2, 0.25) is 0 Å². The van der Waals surface area contributed by atoms with Gasteiger partial charge in [-0.1, -0.05) is 6.92 Å². The maximum Gasteiger partial charge on any atom is 0.256 e. The van der Waals surface area contributed by atoms with Gasteiger partial charge in [-0.05, 0) is 39.2 Å². The Labute approximate surface area is 192 Å². The molecule has 11 heteroatoms. The maximum absolute atomic E-state index is 12.4. The summed E-state index contributed by atoms with van der Waals surface area (Å²) in [4.78, 5) is 18.1. The molecule has 1 fully saturated rings. The van der Waals surface area contributed by atoms with Gasteiger partial charge >= 0.3 is 0 Å². The Morgan fingerprint density at radius 3 is 2.70 bits per heavy atom. The van der Waals surface area contributed by atoms with E-state index in [4.69, 9.17) is 4.98 Å². The molecular weight excluding hydrogens is 440 g/mol. The average molecular weight is 467 g/mol. The van der Waals surface area contributed by atoms with Crippen LogP contribution in [0.15, 0.2) is 36.9 Å². The molecule has 33 heavy (non-hydrogen) atoms. The topological polar surface area (TPSA) is 120 Å². The van der Waals surface area contributed by atoms with Crippen molar-refractivity contribution in [3.63, 3.8) is 0 Å². The molecule has 0 radical (unpaired) electrons. The van der Waals surface area contributed by atoms with Crippen LogP contribution in [0.1, 0.15) is 51.9 Å². The summed E-state index contributed by atoms with van der Waals surface area (Å²) in [5.41, 5.74) is 2.42. The van der Waals surface area contributed by atoms with Crippen LogP contribution >= 0.6 is 0 Å². The number of fused-ring (bicyclic) bond motifs is 1. The molecule has 0 bridgehead atoms. The molecule has 4 aromatic heterocycles. The van der Waals surface area contributed by atoms with Gasteiger partial charge in [-0.25, -0.2) is 28.4 Å². The average Bonchev–Trinajstić information content (AvgIpc) is 3.41. The molecule has 1 aliphatic rings. The maximum atomic E-state index is 12.4. The number of hydrogen-bond acceptors (Lipinski definition) is 8. The minimum Gasteiger partial charge on any atom is -0.325 e. The van der Waals surface area contributed by atoms with Crippen molar-refractivity contribution in [1.29, 1.82) is 0 Å². The highest BCUT2D eigenvalue weighted by molar-refractivity contribution is 7.90. The van der Waals surface area contributed by atoms with Crippen LogP contribution in [0, 0.1) is 0 Å². The van der Waals surface area contributed by atoms with Crippen molar-refractivity contribution in [2.24, 2.45) is 0 Å². The van der Waals surface area contributed by atoms with Crippen molar-refractivity contribution in [1.82, 2.24) is 33.7 Å². The van der Waals surface area contributed by atoms with Crippen LogP contribution in [0.25, 0.3) is 22.4 Å². The summed E-state index contributed by atoms with van der Waals surface area (Å²) in [6, 6.07) is 3.99. The predicted molar refractivity (Wildman–Crippen MR) is 126 cm³/mol. The van der Waals surface area contributed by atoms with Crippen molar-refractivity contribution in [3.8, 4) is 11.4 Å². The number of nitrogens with zero attached hydrogens (tertiary/aromatic N) is 7. The Balaban J connectivity index is 1.43. The molecule has 0 aliphatic heterocycles. The second kappa shape index (κ2) is 8.22. The van der Waals surface area contributed by atoms with Crippen molar-refractivity contribution in [2.45, 2.75) is 57.7 Å². The van der Waals surface area contributed by atoms with Crippen molar-refractivity contribution < 1.29 is 8.42 Å². The van der Waals surface area contributed by atoms with E-state index in [0.29, 0.717) is 35.9 Å². The van der Waals surface area contributed by atoms with E-state index in [1.807, 2.05) is 6.07 Å². The first-order valence-electron chi connectivity index (χ1n) is 11.1. The lowest BCUT2D eigenvalue weighted by molar-refractivity contribution is 0.578. The van der Waals surface area contributed by atoms with Gasteiger partial charge in [0, 0.05) is 24.7 Å². The van der Waals surface area contributed by atoms with Crippen molar-refractivity contribution >= 4 is 32.7 Å². The monoisotopic (exact) mass is 466 g/mol. The summed E-state index contributed by atoms with van der Waals surface area (Å²) in [7, 11) is -3.43. The standard InChI is InChI=1S/C22H26N8O2S/c1-4-5-21-26-17-12-24-20(10-18(17)30(21)14(2)3)27-19-8-9-23-22(28-19)15-11-25-29(13-15)33(31,32)16-6-7-16/h8-14,16H,4-7H2,1-3H3,(H,23,24,27,28). The van der Waals surface area contributed by atoms with E-state index in [0.717, 1.165) is 33.8 Å². The van der Waals surface area contributed by atoms with Gasteiger partial charge in [0.1, 0.15) is 23.0 Å². The smallest absolute Gasteiger partial charge is 0.256 e. The number of aromatic nitrogens is 7. The molecule has 172 valence electrons. The zero-order valence-electron chi connectivity index (χ0n) is 18.8. The second-order valence-electron chi connectivity index (χ2n) is 8.54. The molecule has 0 spiro atoms. The first-order valence-corrected chi connectivity index (χ1v) is 12.6. The van der Waals surface area contributed by atoms with Gasteiger partial charge in [0.15, 0.2) is 5.82 Å². The SMILES string of the molecule is CCCc1nc2cnc(Nc3ccnc(-c4cnn(S(=O)(=O)C5CC5)c4)n3)cc2n1C(C)C. The molecule has 0 unspecified atom stereocenters. The fourth-order valence-electron chi connectivity index (χ4n) is 3.87. The highest BCUT2D eigenvalue weighted by atomic mass is 32.2. The number of anilines is 2. The van der Waals surface area contributed by atoms with E-state index < -0.39 is 10.0 Å². The van der Waals surface area contributed by atoms with Crippen LogP contribution in [0.2, 0.25) is 0 Å². The van der Waals surface area contributed by atoms with E-state index >= 15 is 0 Å². The zero-order valence-corrected chi connectivity index (χ0v) is 19.6. The summed E-state index contributed by atoms with van der Waals surface area (Å²) in [6.07, 6.45) is 9.62. The zero-order chi connectivity index (χ0) is 23.2.